The molecule has 3 rings (SSSR count). The number of hydrogen-bond acceptors (Lipinski definition) is 3. The van der Waals surface area contributed by atoms with Crippen molar-refractivity contribution in [2.75, 3.05) is 0 Å². The molecule has 0 bridgehead atoms. The molecule has 1 heterocycles. The van der Waals surface area contributed by atoms with Crippen LogP contribution in [0.15, 0.2) is 36.7 Å². The number of nitrogens with zero attached hydrogens (tertiary/aromatic N) is 2. The Labute approximate surface area is 96.3 Å². The molecular formula is C13H8N4. The molecule has 2 N–H and O–H groups in total. The first-order valence-corrected chi connectivity index (χ1v) is 5.14. The lowest BCUT2D eigenvalue weighted by Crippen LogP contribution is -1.99. The number of H-pyrrole nitrogens is 1. The van der Waals surface area contributed by atoms with E-state index >= 15 is 0 Å². The van der Waals surface area contributed by atoms with E-state index in [1.807, 2.05) is 30.3 Å². The second kappa shape index (κ2) is 3.42. The van der Waals surface area contributed by atoms with E-state index in [1.165, 1.54) is 0 Å². The van der Waals surface area contributed by atoms with Crippen LogP contribution in [0.3, 0.4) is 0 Å². The van der Waals surface area contributed by atoms with Gasteiger partial charge in [0.15, 0.2) is 0 Å². The van der Waals surface area contributed by atoms with Gasteiger partial charge in [-0.2, -0.15) is 5.26 Å². The summed E-state index contributed by atoms with van der Waals surface area (Å²) in [6.45, 7) is 0. The third kappa shape index (κ3) is 1.37. The predicted octanol–water partition coefficient (Wildman–Crippen LogP) is 1.64. The van der Waals surface area contributed by atoms with Crippen molar-refractivity contribution >= 4 is 11.0 Å². The van der Waals surface area contributed by atoms with Gasteiger partial charge < -0.3 is 4.98 Å². The highest BCUT2D eigenvalue weighted by Crippen LogP contribution is 2.07. The zero-order chi connectivity index (χ0) is 11.8. The normalized spacial score (nSPS) is 10.5. The molecule has 80 valence electrons. The van der Waals surface area contributed by atoms with Crippen LogP contribution >= 0.6 is 0 Å². The highest BCUT2D eigenvalue weighted by Gasteiger charge is 2.00. The lowest BCUT2D eigenvalue weighted by molar-refractivity contribution is 1.25. The Morgan fingerprint density at radius 2 is 2.12 bits per heavy atom. The SMILES string of the molecule is N#Cc1cc2ccc3nc[nH]c3ccc=2c1=N. The summed E-state index contributed by atoms with van der Waals surface area (Å²) in [5, 5.41) is 18.7. The van der Waals surface area contributed by atoms with Gasteiger partial charge in [0, 0.05) is 5.22 Å². The van der Waals surface area contributed by atoms with Crippen molar-refractivity contribution in [2.24, 2.45) is 0 Å². The lowest BCUT2D eigenvalue weighted by atomic mass is 10.3. The summed E-state index contributed by atoms with van der Waals surface area (Å²) in [4.78, 5) is 7.20. The first kappa shape index (κ1) is 9.55. The molecular weight excluding hydrogens is 212 g/mol. The molecule has 0 saturated carbocycles. The summed E-state index contributed by atoms with van der Waals surface area (Å²) in [7, 11) is 0. The third-order valence-electron chi connectivity index (χ3n) is 2.81. The largest absolute Gasteiger partial charge is 0.345 e. The molecule has 0 radical (unpaired) electrons. The molecule has 1 aromatic heterocycles. The maximum absolute atomic E-state index is 8.91. The average molecular weight is 220 g/mol. The van der Waals surface area contributed by atoms with E-state index in [2.05, 4.69) is 9.97 Å². The summed E-state index contributed by atoms with van der Waals surface area (Å²) in [6, 6.07) is 11.3. The standard InChI is InChI=1S/C13H8N4/c14-6-9-5-8-1-3-11-12(17-7-16-11)4-2-10(8)13(9)15/h1-5,7,15H,(H,16,17). The van der Waals surface area contributed by atoms with Crippen LogP contribution in [0.1, 0.15) is 5.56 Å². The van der Waals surface area contributed by atoms with Crippen LogP contribution in [0.2, 0.25) is 0 Å². The fourth-order valence-corrected chi connectivity index (χ4v) is 1.92. The lowest BCUT2D eigenvalue weighted by Gasteiger charge is -1.83. The number of imidazole rings is 1. The molecule has 2 aliphatic carbocycles. The molecule has 0 amide bonds. The summed E-state index contributed by atoms with van der Waals surface area (Å²) in [5.41, 5.74) is 2.17. The number of nitriles is 1. The van der Waals surface area contributed by atoms with Crippen LogP contribution in [0.5, 0.6) is 0 Å². The minimum absolute atomic E-state index is 0.284. The van der Waals surface area contributed by atoms with Crippen LogP contribution in [-0.2, 0) is 0 Å². The van der Waals surface area contributed by atoms with Crippen molar-refractivity contribution in [3.63, 3.8) is 0 Å². The van der Waals surface area contributed by atoms with Crippen molar-refractivity contribution in [2.45, 2.75) is 0 Å². The third-order valence-corrected chi connectivity index (χ3v) is 2.81. The van der Waals surface area contributed by atoms with E-state index in [4.69, 9.17) is 10.7 Å². The second-order valence-electron chi connectivity index (χ2n) is 3.78. The maximum atomic E-state index is 8.91. The molecule has 0 saturated heterocycles. The number of nitrogens with one attached hydrogen (secondary N) is 2. The van der Waals surface area contributed by atoms with Crippen molar-refractivity contribution in [3.05, 3.63) is 58.0 Å². The second-order valence-corrected chi connectivity index (χ2v) is 3.78. The number of rotatable bonds is 0. The molecule has 0 atom stereocenters. The highest BCUT2D eigenvalue weighted by molar-refractivity contribution is 5.72. The van der Waals surface area contributed by atoms with Crippen molar-refractivity contribution < 1.29 is 0 Å². The average Bonchev–Trinajstić information content (AvgIpc) is 2.85. The van der Waals surface area contributed by atoms with Crippen LogP contribution < -0.4 is 5.36 Å². The minimum Gasteiger partial charge on any atom is -0.345 e. The zero-order valence-corrected chi connectivity index (χ0v) is 8.86. The van der Waals surface area contributed by atoms with Gasteiger partial charge >= 0.3 is 0 Å². The fourth-order valence-electron chi connectivity index (χ4n) is 1.92. The van der Waals surface area contributed by atoms with Gasteiger partial charge in [0.25, 0.3) is 0 Å². The summed E-state index contributed by atoms with van der Waals surface area (Å²) in [5.74, 6) is 0. The smallest absolute Gasteiger partial charge is 0.101 e. The Hall–Kier alpha value is -2.67. The molecule has 0 unspecified atom stereocenters. The van der Waals surface area contributed by atoms with E-state index in [0.717, 1.165) is 21.5 Å². The van der Waals surface area contributed by atoms with E-state index < -0.39 is 0 Å². The zero-order valence-electron chi connectivity index (χ0n) is 8.86. The molecule has 17 heavy (non-hydrogen) atoms. The maximum Gasteiger partial charge on any atom is 0.101 e. The van der Waals surface area contributed by atoms with E-state index in [0.29, 0.717) is 5.56 Å². The quantitative estimate of drug-likeness (QED) is 0.604. The van der Waals surface area contributed by atoms with Gasteiger partial charge in [0.05, 0.1) is 28.3 Å². The molecule has 0 aromatic carbocycles. The molecule has 0 spiro atoms. The van der Waals surface area contributed by atoms with Crippen molar-refractivity contribution in [1.29, 1.82) is 10.7 Å². The first-order chi connectivity index (χ1) is 8.29. The van der Waals surface area contributed by atoms with Crippen molar-refractivity contribution in [1.82, 2.24) is 9.97 Å². The number of fused-ring (bicyclic) bond motifs is 1. The Morgan fingerprint density at radius 1 is 1.24 bits per heavy atom. The summed E-state index contributed by atoms with van der Waals surface area (Å²) >= 11 is 0. The molecule has 0 fully saturated rings. The van der Waals surface area contributed by atoms with Crippen LogP contribution in [0, 0.1) is 27.2 Å². The Balaban J connectivity index is 2.55. The molecule has 2 aliphatic rings. The van der Waals surface area contributed by atoms with Gasteiger partial charge in [-0.25, -0.2) is 4.98 Å². The molecule has 1 aromatic rings. The van der Waals surface area contributed by atoms with Gasteiger partial charge in [-0.3, -0.25) is 5.41 Å². The summed E-state index contributed by atoms with van der Waals surface area (Å²) < 4.78 is 0. The predicted molar refractivity (Wildman–Crippen MR) is 62.0 cm³/mol. The topological polar surface area (TPSA) is 76.3 Å². The molecule has 4 nitrogen and oxygen atoms in total. The van der Waals surface area contributed by atoms with Crippen LogP contribution in [-0.4, -0.2) is 9.97 Å². The van der Waals surface area contributed by atoms with Gasteiger partial charge in [-0.15, -0.1) is 0 Å². The first-order valence-electron chi connectivity index (χ1n) is 5.14. The Kier molecular flexibility index (Phi) is 1.92. The van der Waals surface area contributed by atoms with Gasteiger partial charge in [0.2, 0.25) is 0 Å². The Bertz CT molecular complexity index is 870. The van der Waals surface area contributed by atoms with Crippen LogP contribution in [0.4, 0.5) is 0 Å². The van der Waals surface area contributed by atoms with Crippen molar-refractivity contribution in [3.8, 4) is 6.07 Å². The van der Waals surface area contributed by atoms with E-state index in [1.54, 1.807) is 12.4 Å². The van der Waals surface area contributed by atoms with Crippen LogP contribution in [0.25, 0.3) is 11.0 Å². The summed E-state index contributed by atoms with van der Waals surface area (Å²) in [6.07, 6.45) is 1.64. The van der Waals surface area contributed by atoms with E-state index in [-0.39, 0.29) is 5.36 Å². The number of hydrogen-bond donors (Lipinski definition) is 2. The van der Waals surface area contributed by atoms with Gasteiger partial charge in [0.1, 0.15) is 6.07 Å². The van der Waals surface area contributed by atoms with Gasteiger partial charge in [-0.1, -0.05) is 12.1 Å². The Morgan fingerprint density at radius 3 is 2.94 bits per heavy atom. The van der Waals surface area contributed by atoms with E-state index in [9.17, 15) is 0 Å². The highest BCUT2D eigenvalue weighted by atomic mass is 14.9. The number of aromatic nitrogens is 2. The number of aromatic amines is 1. The molecule has 0 aliphatic heterocycles. The minimum atomic E-state index is 0.284. The monoisotopic (exact) mass is 220 g/mol. The fraction of sp³-hybridized carbons (Fsp3) is 0. The van der Waals surface area contributed by atoms with Gasteiger partial charge in [-0.05, 0) is 23.4 Å². The molecule has 4 heteroatoms.